The van der Waals surface area contributed by atoms with E-state index in [4.69, 9.17) is 5.73 Å². The van der Waals surface area contributed by atoms with Gasteiger partial charge in [-0.3, -0.25) is 4.79 Å². The molecule has 2 atom stereocenters. The molecule has 1 aliphatic heterocycles. The average Bonchev–Trinajstić information content (AvgIpc) is 2.25. The van der Waals surface area contributed by atoms with E-state index in [1.165, 1.54) is 0 Å². The number of likely N-dealkylation sites (tertiary alicyclic amines) is 1. The van der Waals surface area contributed by atoms with Crippen molar-refractivity contribution in [2.24, 2.45) is 11.7 Å². The molecule has 17 heavy (non-hydrogen) atoms. The predicted octanol–water partition coefficient (Wildman–Crippen LogP) is 0.877. The molecular formula is C13H24N2O2. The molecule has 4 heteroatoms. The lowest BCUT2D eigenvalue weighted by Crippen LogP contribution is -2.64. The van der Waals surface area contributed by atoms with Crippen LogP contribution in [0.5, 0.6) is 0 Å². The fourth-order valence-electron chi connectivity index (χ4n) is 3.15. The molecule has 0 radical (unpaired) electrons. The molecule has 2 rings (SSSR count). The standard InChI is InChI=1S/C13H24N2O2/c1-2-6-13(17)8-15(9-13)12(16)10-4-3-5-11(14)7-10/h10-11,17H,2-9,14H2,1H3. The van der Waals surface area contributed by atoms with Gasteiger partial charge in [0.15, 0.2) is 0 Å². The Kier molecular flexibility index (Phi) is 3.73. The lowest BCUT2D eigenvalue weighted by atomic mass is 9.82. The first-order chi connectivity index (χ1) is 8.04. The lowest BCUT2D eigenvalue weighted by molar-refractivity contribution is -0.161. The van der Waals surface area contributed by atoms with Crippen molar-refractivity contribution in [2.75, 3.05) is 13.1 Å². The van der Waals surface area contributed by atoms with E-state index in [0.29, 0.717) is 13.1 Å². The Morgan fingerprint density at radius 1 is 1.47 bits per heavy atom. The van der Waals surface area contributed by atoms with Crippen LogP contribution >= 0.6 is 0 Å². The van der Waals surface area contributed by atoms with Crippen molar-refractivity contribution in [3.05, 3.63) is 0 Å². The summed E-state index contributed by atoms with van der Waals surface area (Å²) in [4.78, 5) is 14.0. The molecule has 0 bridgehead atoms. The van der Waals surface area contributed by atoms with Crippen LogP contribution in [0, 0.1) is 5.92 Å². The summed E-state index contributed by atoms with van der Waals surface area (Å²) in [6, 6.07) is 0.188. The van der Waals surface area contributed by atoms with E-state index < -0.39 is 5.60 Å². The van der Waals surface area contributed by atoms with Crippen LogP contribution in [-0.4, -0.2) is 40.6 Å². The van der Waals surface area contributed by atoms with Gasteiger partial charge in [-0.1, -0.05) is 19.8 Å². The fraction of sp³-hybridized carbons (Fsp3) is 0.923. The molecule has 1 aliphatic carbocycles. The molecule has 2 aliphatic rings. The van der Waals surface area contributed by atoms with Gasteiger partial charge >= 0.3 is 0 Å². The Morgan fingerprint density at radius 3 is 2.76 bits per heavy atom. The first kappa shape index (κ1) is 12.8. The molecule has 1 amide bonds. The predicted molar refractivity (Wildman–Crippen MR) is 66.4 cm³/mol. The van der Waals surface area contributed by atoms with Gasteiger partial charge in [0.25, 0.3) is 0 Å². The smallest absolute Gasteiger partial charge is 0.225 e. The van der Waals surface area contributed by atoms with Crippen molar-refractivity contribution >= 4 is 5.91 Å². The van der Waals surface area contributed by atoms with Crippen LogP contribution in [0.4, 0.5) is 0 Å². The van der Waals surface area contributed by atoms with Gasteiger partial charge in [-0.05, 0) is 25.7 Å². The largest absolute Gasteiger partial charge is 0.386 e. The van der Waals surface area contributed by atoms with Gasteiger partial charge in [-0.15, -0.1) is 0 Å². The molecule has 1 heterocycles. The van der Waals surface area contributed by atoms with Crippen molar-refractivity contribution in [2.45, 2.75) is 57.1 Å². The molecular weight excluding hydrogens is 216 g/mol. The minimum atomic E-state index is -0.610. The maximum absolute atomic E-state index is 12.2. The number of carbonyl (C=O) groups is 1. The van der Waals surface area contributed by atoms with Crippen LogP contribution in [-0.2, 0) is 4.79 Å². The van der Waals surface area contributed by atoms with Gasteiger partial charge in [0.2, 0.25) is 5.91 Å². The zero-order valence-corrected chi connectivity index (χ0v) is 10.7. The number of carbonyl (C=O) groups excluding carboxylic acids is 1. The second kappa shape index (κ2) is 4.94. The van der Waals surface area contributed by atoms with Crippen molar-refractivity contribution in [3.63, 3.8) is 0 Å². The number of amides is 1. The third kappa shape index (κ3) is 2.80. The van der Waals surface area contributed by atoms with Gasteiger partial charge in [0.05, 0.1) is 18.7 Å². The van der Waals surface area contributed by atoms with E-state index in [-0.39, 0.29) is 17.9 Å². The summed E-state index contributed by atoms with van der Waals surface area (Å²) in [6.45, 7) is 3.10. The lowest BCUT2D eigenvalue weighted by Gasteiger charge is -2.48. The van der Waals surface area contributed by atoms with Crippen LogP contribution in [0.2, 0.25) is 0 Å². The minimum Gasteiger partial charge on any atom is -0.386 e. The molecule has 4 nitrogen and oxygen atoms in total. The summed E-state index contributed by atoms with van der Waals surface area (Å²) in [6.07, 6.45) is 5.65. The van der Waals surface area contributed by atoms with Crippen LogP contribution < -0.4 is 5.73 Å². The highest BCUT2D eigenvalue weighted by Crippen LogP contribution is 2.31. The van der Waals surface area contributed by atoms with E-state index in [9.17, 15) is 9.90 Å². The highest BCUT2D eigenvalue weighted by atomic mass is 16.3. The Labute approximate surface area is 103 Å². The first-order valence-corrected chi connectivity index (χ1v) is 6.81. The summed E-state index contributed by atoms with van der Waals surface area (Å²) >= 11 is 0. The number of nitrogens with two attached hydrogens (primary N) is 1. The summed E-state index contributed by atoms with van der Waals surface area (Å²) in [7, 11) is 0. The quantitative estimate of drug-likeness (QED) is 0.769. The molecule has 1 saturated carbocycles. The SMILES string of the molecule is CCCC1(O)CN(C(=O)C2CCCC(N)C2)C1. The van der Waals surface area contributed by atoms with E-state index in [1.807, 2.05) is 0 Å². The number of aliphatic hydroxyl groups is 1. The normalized spacial score (nSPS) is 32.1. The first-order valence-electron chi connectivity index (χ1n) is 6.81. The highest BCUT2D eigenvalue weighted by molar-refractivity contribution is 5.80. The molecule has 1 saturated heterocycles. The van der Waals surface area contributed by atoms with Gasteiger partial charge in [-0.2, -0.15) is 0 Å². The van der Waals surface area contributed by atoms with Crippen LogP contribution in [0.15, 0.2) is 0 Å². The number of hydrogen-bond donors (Lipinski definition) is 2. The third-order valence-electron chi connectivity index (χ3n) is 4.06. The van der Waals surface area contributed by atoms with Crippen LogP contribution in [0.3, 0.4) is 0 Å². The van der Waals surface area contributed by atoms with Gasteiger partial charge in [0.1, 0.15) is 0 Å². The Hall–Kier alpha value is -0.610. The molecule has 0 aromatic heterocycles. The van der Waals surface area contributed by atoms with Crippen molar-refractivity contribution in [3.8, 4) is 0 Å². The van der Waals surface area contributed by atoms with Gasteiger partial charge in [-0.25, -0.2) is 0 Å². The zero-order valence-electron chi connectivity index (χ0n) is 10.7. The highest BCUT2D eigenvalue weighted by Gasteiger charge is 2.44. The molecule has 0 aromatic rings. The Bertz CT molecular complexity index is 287. The van der Waals surface area contributed by atoms with E-state index >= 15 is 0 Å². The molecule has 2 fully saturated rings. The summed E-state index contributed by atoms with van der Waals surface area (Å²) in [5, 5.41) is 10.1. The Morgan fingerprint density at radius 2 is 2.18 bits per heavy atom. The Balaban J connectivity index is 1.82. The van der Waals surface area contributed by atoms with E-state index in [2.05, 4.69) is 6.92 Å². The third-order valence-corrected chi connectivity index (χ3v) is 4.06. The second-order valence-electron chi connectivity index (χ2n) is 5.79. The van der Waals surface area contributed by atoms with Crippen LogP contribution in [0.1, 0.15) is 45.4 Å². The number of rotatable bonds is 3. The monoisotopic (exact) mass is 240 g/mol. The van der Waals surface area contributed by atoms with Gasteiger partial charge < -0.3 is 15.7 Å². The summed E-state index contributed by atoms with van der Waals surface area (Å²) < 4.78 is 0. The molecule has 0 aromatic carbocycles. The molecule has 0 spiro atoms. The summed E-state index contributed by atoms with van der Waals surface area (Å²) in [5.41, 5.74) is 5.29. The number of hydrogen-bond acceptors (Lipinski definition) is 3. The van der Waals surface area contributed by atoms with Crippen LogP contribution in [0.25, 0.3) is 0 Å². The molecule has 2 unspecified atom stereocenters. The average molecular weight is 240 g/mol. The number of nitrogens with zero attached hydrogens (tertiary/aromatic N) is 1. The second-order valence-corrected chi connectivity index (χ2v) is 5.79. The van der Waals surface area contributed by atoms with Gasteiger partial charge in [0, 0.05) is 12.0 Å². The van der Waals surface area contributed by atoms with E-state index in [1.54, 1.807) is 4.90 Å². The topological polar surface area (TPSA) is 66.6 Å². The van der Waals surface area contributed by atoms with E-state index in [0.717, 1.165) is 38.5 Å². The maximum atomic E-state index is 12.2. The fourth-order valence-corrected chi connectivity index (χ4v) is 3.15. The van der Waals surface area contributed by atoms with Crippen molar-refractivity contribution in [1.82, 2.24) is 4.90 Å². The summed E-state index contributed by atoms with van der Waals surface area (Å²) in [5.74, 6) is 0.311. The zero-order chi connectivity index (χ0) is 12.5. The van der Waals surface area contributed by atoms with Crippen molar-refractivity contribution < 1.29 is 9.90 Å². The minimum absolute atomic E-state index is 0.102. The molecule has 98 valence electrons. The van der Waals surface area contributed by atoms with Crippen molar-refractivity contribution in [1.29, 1.82) is 0 Å². The molecule has 3 N–H and O–H groups in total. The maximum Gasteiger partial charge on any atom is 0.225 e. The number of β-amino-alcohol motifs (C(OH)–C–C–N with tert-alkyl or cyclic N) is 1.